The average molecular weight is 918 g/mol. The van der Waals surface area contributed by atoms with E-state index in [0.29, 0.717) is 92.1 Å². The number of esters is 1. The molecule has 2 aliphatic heterocycles. The van der Waals surface area contributed by atoms with Crippen molar-refractivity contribution in [1.29, 1.82) is 0 Å². The minimum atomic E-state index is -1.07. The van der Waals surface area contributed by atoms with Gasteiger partial charge in [0.05, 0.1) is 89.5 Å². The fourth-order valence-electron chi connectivity index (χ4n) is 7.63. The lowest BCUT2D eigenvalue weighted by molar-refractivity contribution is -0.145. The van der Waals surface area contributed by atoms with E-state index in [-0.39, 0.29) is 54.6 Å². The molecular weight excluding hydrogens is 839 g/mol. The van der Waals surface area contributed by atoms with Crippen LogP contribution in [0.15, 0.2) is 18.2 Å². The first-order chi connectivity index (χ1) is 31.8. The number of rotatable bonds is 42. The van der Waals surface area contributed by atoms with Crippen molar-refractivity contribution >= 4 is 41.2 Å². The molecule has 1 fully saturated rings. The third-order valence-electron chi connectivity index (χ3n) is 11.3. The monoisotopic (exact) mass is 918 g/mol. The van der Waals surface area contributed by atoms with Gasteiger partial charge >= 0.3 is 5.97 Å². The molecule has 16 heteroatoms. The second-order valence-corrected chi connectivity index (χ2v) is 16.6. The number of hydrogen-bond donors (Lipinski definition) is 2. The molecule has 0 aliphatic carbocycles. The lowest BCUT2D eigenvalue weighted by atomic mass is 10.0. The maximum Gasteiger partial charge on any atom is 0.305 e. The smallest absolute Gasteiger partial charge is 0.305 e. The molecule has 0 spiro atoms. The van der Waals surface area contributed by atoms with Gasteiger partial charge in [-0.05, 0) is 37.8 Å². The van der Waals surface area contributed by atoms with Crippen LogP contribution in [-0.4, -0.2) is 132 Å². The zero-order chi connectivity index (χ0) is 46.6. The van der Waals surface area contributed by atoms with Crippen LogP contribution in [0.1, 0.15) is 169 Å². The Hall–Kier alpha value is -3.80. The first kappa shape index (κ1) is 55.5. The number of imide groups is 2. The van der Waals surface area contributed by atoms with E-state index in [4.69, 9.17) is 33.2 Å². The van der Waals surface area contributed by atoms with E-state index in [1.807, 2.05) is 0 Å². The Morgan fingerprint density at radius 2 is 1.03 bits per heavy atom. The number of piperidine rings is 1. The van der Waals surface area contributed by atoms with Crippen molar-refractivity contribution < 1.29 is 61.9 Å². The molecule has 1 aromatic carbocycles. The van der Waals surface area contributed by atoms with Gasteiger partial charge in [0, 0.05) is 25.9 Å². The Labute approximate surface area is 387 Å². The number of carbonyl (C=O) groups is 6. The number of hydrogen-bond acceptors (Lipinski definition) is 13. The highest BCUT2D eigenvalue weighted by Crippen LogP contribution is 2.32. The highest BCUT2D eigenvalue weighted by Gasteiger charge is 2.45. The fourth-order valence-corrected chi connectivity index (χ4v) is 7.63. The average Bonchev–Trinajstić information content (AvgIpc) is 3.55. The Bertz CT molecular complexity index is 1530. The molecule has 2 heterocycles. The van der Waals surface area contributed by atoms with Crippen LogP contribution in [0.2, 0.25) is 0 Å². The maximum atomic E-state index is 13.2. The van der Waals surface area contributed by atoms with E-state index in [2.05, 4.69) is 17.6 Å². The SMILES string of the molecule is CCCCCCCCCCCCCCCCCC(=O)OCCOCCOCCOCCOCCOCCOCCCCCC(=O)Nc1cccc2c1C(=O)N(C1CCC(=O)NC1=O)C2=O. The quantitative estimate of drug-likeness (QED) is 0.0373. The number of fused-ring (bicyclic) bond motifs is 1. The summed E-state index contributed by atoms with van der Waals surface area (Å²) < 4.78 is 38.4. The predicted molar refractivity (Wildman–Crippen MR) is 246 cm³/mol. The molecule has 16 nitrogen and oxygen atoms in total. The second kappa shape index (κ2) is 36.3. The predicted octanol–water partition coefficient (Wildman–Crippen LogP) is 7.49. The topological polar surface area (TPSA) is 194 Å². The van der Waals surface area contributed by atoms with Gasteiger partial charge in [-0.3, -0.25) is 39.0 Å². The number of nitrogens with one attached hydrogen (secondary N) is 2. The molecule has 5 amide bonds. The number of nitrogens with zero attached hydrogens (tertiary/aromatic N) is 1. The number of anilines is 1. The Morgan fingerprint density at radius 1 is 0.569 bits per heavy atom. The summed E-state index contributed by atoms with van der Waals surface area (Å²) in [5.41, 5.74) is 0.383. The number of carbonyl (C=O) groups excluding carboxylic acids is 6. The molecule has 2 aliphatic rings. The van der Waals surface area contributed by atoms with Crippen molar-refractivity contribution in [3.63, 3.8) is 0 Å². The summed E-state index contributed by atoms with van der Waals surface area (Å²) in [7, 11) is 0. The number of ether oxygens (including phenoxy) is 7. The van der Waals surface area contributed by atoms with E-state index in [1.165, 1.54) is 89.5 Å². The summed E-state index contributed by atoms with van der Waals surface area (Å²) in [5.74, 6) is -2.86. The van der Waals surface area contributed by atoms with Crippen LogP contribution in [0.3, 0.4) is 0 Å². The molecule has 1 saturated heterocycles. The van der Waals surface area contributed by atoms with Crippen LogP contribution in [0.5, 0.6) is 0 Å². The van der Waals surface area contributed by atoms with E-state index in [0.717, 1.165) is 30.6 Å². The summed E-state index contributed by atoms with van der Waals surface area (Å²) >= 11 is 0. The van der Waals surface area contributed by atoms with Crippen LogP contribution < -0.4 is 10.6 Å². The highest BCUT2D eigenvalue weighted by molar-refractivity contribution is 6.26. The third-order valence-corrected chi connectivity index (χ3v) is 11.3. The van der Waals surface area contributed by atoms with Crippen LogP contribution in [0, 0.1) is 0 Å². The van der Waals surface area contributed by atoms with Crippen molar-refractivity contribution in [2.45, 2.75) is 154 Å². The second-order valence-electron chi connectivity index (χ2n) is 16.6. The molecule has 0 bridgehead atoms. The molecule has 0 radical (unpaired) electrons. The molecule has 368 valence electrons. The standard InChI is InChI=1S/C49H79N3O13/c1-2-3-4-5-6-7-8-9-10-11-12-13-14-15-18-24-45(55)65-39-38-64-37-36-63-35-34-62-33-32-61-31-30-60-29-28-59-27-19-16-17-23-43(53)50-41-22-20-21-40-46(41)49(58)52(48(40)57)42-25-26-44(54)51-47(42)56/h20-22,42H,2-19,23-39H2,1H3,(H,50,53)(H,51,54,56). The van der Waals surface area contributed by atoms with Gasteiger partial charge in [0.2, 0.25) is 17.7 Å². The molecule has 0 aromatic heterocycles. The summed E-state index contributed by atoms with van der Waals surface area (Å²) in [4.78, 5) is 75.6. The fraction of sp³-hybridized carbons (Fsp3) is 0.755. The first-order valence-electron chi connectivity index (χ1n) is 24.6. The summed E-state index contributed by atoms with van der Waals surface area (Å²) in [6, 6.07) is 3.53. The van der Waals surface area contributed by atoms with E-state index >= 15 is 0 Å². The highest BCUT2D eigenvalue weighted by atomic mass is 16.6. The van der Waals surface area contributed by atoms with Crippen LogP contribution in [0.4, 0.5) is 5.69 Å². The molecule has 3 rings (SSSR count). The van der Waals surface area contributed by atoms with Gasteiger partial charge in [-0.2, -0.15) is 0 Å². The first-order valence-corrected chi connectivity index (χ1v) is 24.6. The summed E-state index contributed by atoms with van der Waals surface area (Å²) in [6.45, 7) is 7.89. The zero-order valence-corrected chi connectivity index (χ0v) is 39.3. The Morgan fingerprint density at radius 3 is 1.55 bits per heavy atom. The lowest BCUT2D eigenvalue weighted by Crippen LogP contribution is -2.54. The van der Waals surface area contributed by atoms with Crippen molar-refractivity contribution in [1.82, 2.24) is 10.2 Å². The summed E-state index contributed by atoms with van der Waals surface area (Å²) in [6.07, 6.45) is 22.5. The molecule has 1 aromatic rings. The van der Waals surface area contributed by atoms with Gasteiger partial charge in [0.25, 0.3) is 11.8 Å². The van der Waals surface area contributed by atoms with Crippen LogP contribution in [0.25, 0.3) is 0 Å². The molecular formula is C49H79N3O13. The van der Waals surface area contributed by atoms with Gasteiger partial charge in [-0.15, -0.1) is 0 Å². The number of benzene rings is 1. The van der Waals surface area contributed by atoms with E-state index in [1.54, 1.807) is 12.1 Å². The third kappa shape index (κ3) is 24.5. The van der Waals surface area contributed by atoms with Crippen LogP contribution in [-0.2, 0) is 52.3 Å². The van der Waals surface area contributed by atoms with Crippen LogP contribution >= 0.6 is 0 Å². The molecule has 1 atom stereocenters. The lowest BCUT2D eigenvalue weighted by Gasteiger charge is -2.27. The van der Waals surface area contributed by atoms with Crippen molar-refractivity contribution in [3.05, 3.63) is 29.3 Å². The molecule has 1 unspecified atom stereocenters. The van der Waals surface area contributed by atoms with E-state index in [9.17, 15) is 28.8 Å². The Balaban J connectivity index is 0.990. The maximum absolute atomic E-state index is 13.2. The largest absolute Gasteiger partial charge is 0.463 e. The van der Waals surface area contributed by atoms with Gasteiger partial charge in [0.1, 0.15) is 12.6 Å². The van der Waals surface area contributed by atoms with Gasteiger partial charge in [-0.25, -0.2) is 0 Å². The number of amides is 5. The normalized spacial score (nSPS) is 14.8. The van der Waals surface area contributed by atoms with Crippen molar-refractivity contribution in [3.8, 4) is 0 Å². The molecule has 65 heavy (non-hydrogen) atoms. The number of unbranched alkanes of at least 4 members (excludes halogenated alkanes) is 16. The molecule has 2 N–H and O–H groups in total. The minimum Gasteiger partial charge on any atom is -0.463 e. The Kier molecular flexibility index (Phi) is 31.0. The van der Waals surface area contributed by atoms with Gasteiger partial charge in [0.15, 0.2) is 0 Å². The van der Waals surface area contributed by atoms with Gasteiger partial charge < -0.3 is 38.5 Å². The van der Waals surface area contributed by atoms with Crippen molar-refractivity contribution in [2.24, 2.45) is 0 Å². The van der Waals surface area contributed by atoms with E-state index < -0.39 is 29.7 Å². The minimum absolute atomic E-state index is 0.0282. The van der Waals surface area contributed by atoms with Crippen molar-refractivity contribution in [2.75, 3.05) is 91.2 Å². The zero-order valence-electron chi connectivity index (χ0n) is 39.3. The molecule has 0 saturated carbocycles. The van der Waals surface area contributed by atoms with Gasteiger partial charge in [-0.1, -0.05) is 109 Å². The summed E-state index contributed by atoms with van der Waals surface area (Å²) in [5, 5.41) is 4.91.